The quantitative estimate of drug-likeness (QED) is 0.358. The van der Waals surface area contributed by atoms with Gasteiger partial charge in [-0.3, -0.25) is 4.79 Å². The second-order valence-electron chi connectivity index (χ2n) is 4.98. The van der Waals surface area contributed by atoms with Crippen molar-refractivity contribution in [2.24, 2.45) is 5.41 Å². The highest BCUT2D eigenvalue weighted by Gasteiger charge is 2.30. The number of carbonyl (C=O) groups excluding carboxylic acids is 1. The van der Waals surface area contributed by atoms with Gasteiger partial charge in [0.2, 0.25) is 5.78 Å². The number of nitrogens with zero attached hydrogens (tertiary/aromatic N) is 3. The van der Waals surface area contributed by atoms with E-state index in [9.17, 15) is 4.79 Å². The molecule has 0 bridgehead atoms. The van der Waals surface area contributed by atoms with Gasteiger partial charge in [0.25, 0.3) is 0 Å². The molecule has 0 aromatic heterocycles. The maximum atomic E-state index is 12.2. The Bertz CT molecular complexity index is 602. The lowest BCUT2D eigenvalue weighted by Gasteiger charge is -2.19. The van der Waals surface area contributed by atoms with E-state index in [2.05, 4.69) is 32.6 Å². The standard InChI is InChI=1S/C11H12ClIN4O/c1-11(2,3)7(18)10-16-8(12)6-5(13)4-15-9(6)17(10)14/h4H,14H2,1-3H3. The van der Waals surface area contributed by atoms with E-state index >= 15 is 0 Å². The third-order valence-corrected chi connectivity index (χ3v) is 3.61. The van der Waals surface area contributed by atoms with Crippen molar-refractivity contribution in [1.82, 2.24) is 14.6 Å². The summed E-state index contributed by atoms with van der Waals surface area (Å²) >= 11 is 8.20. The highest BCUT2D eigenvalue weighted by Crippen LogP contribution is 2.33. The van der Waals surface area contributed by atoms with Crippen LogP contribution < -0.4 is 5.84 Å². The third-order valence-electron chi connectivity index (χ3n) is 2.51. The molecule has 0 aromatic rings. The molecule has 0 amide bonds. The second-order valence-corrected chi connectivity index (χ2v) is 6.50. The summed E-state index contributed by atoms with van der Waals surface area (Å²) in [5.74, 6) is 6.32. The maximum absolute atomic E-state index is 12.2. The number of nitrogen functional groups attached to an aromatic ring is 1. The molecule has 0 aromatic carbocycles. The van der Waals surface area contributed by atoms with Crippen LogP contribution >= 0.6 is 34.2 Å². The van der Waals surface area contributed by atoms with Crippen LogP contribution in [0.4, 0.5) is 0 Å². The molecule has 96 valence electrons. The molecule has 2 N–H and O–H groups in total. The Kier molecular flexibility index (Phi) is 3.26. The first-order valence-corrected chi connectivity index (χ1v) is 6.71. The van der Waals surface area contributed by atoms with Gasteiger partial charge in [-0.2, -0.15) is 0 Å². The molecule has 0 aliphatic carbocycles. The van der Waals surface area contributed by atoms with Crippen LogP contribution in [0.3, 0.4) is 0 Å². The van der Waals surface area contributed by atoms with Crippen LogP contribution in [0, 0.1) is 8.99 Å². The second kappa shape index (κ2) is 4.34. The van der Waals surface area contributed by atoms with Crippen LogP contribution in [0.2, 0.25) is 5.15 Å². The van der Waals surface area contributed by atoms with E-state index < -0.39 is 5.41 Å². The van der Waals surface area contributed by atoms with E-state index in [1.54, 1.807) is 27.0 Å². The predicted octanol–water partition coefficient (Wildman–Crippen LogP) is 2.58. The number of hydrogen-bond donors (Lipinski definition) is 1. The fourth-order valence-corrected chi connectivity index (χ4v) is 2.59. The largest absolute Gasteiger partial charge is 0.336 e. The maximum Gasteiger partial charge on any atom is 0.205 e. The average Bonchev–Trinajstić information content (AvgIpc) is 2.64. The molecule has 5 nitrogen and oxygen atoms in total. The fourth-order valence-electron chi connectivity index (χ4n) is 1.53. The van der Waals surface area contributed by atoms with E-state index in [-0.39, 0.29) is 16.8 Å². The molecule has 0 saturated carbocycles. The zero-order chi connectivity index (χ0) is 13.7. The zero-order valence-corrected chi connectivity index (χ0v) is 13.1. The molecule has 2 aliphatic rings. The first-order valence-electron chi connectivity index (χ1n) is 5.26. The first kappa shape index (κ1) is 13.5. The molecule has 2 rings (SSSR count). The predicted molar refractivity (Wildman–Crippen MR) is 78.3 cm³/mol. The van der Waals surface area contributed by atoms with Crippen molar-refractivity contribution in [3.05, 3.63) is 20.7 Å². The van der Waals surface area contributed by atoms with E-state index in [0.717, 1.165) is 3.57 Å². The van der Waals surface area contributed by atoms with Crippen molar-refractivity contribution in [3.63, 3.8) is 0 Å². The summed E-state index contributed by atoms with van der Waals surface area (Å²) in [4.78, 5) is 20.5. The number of hydrogen-bond acceptors (Lipinski definition) is 4. The van der Waals surface area contributed by atoms with Crippen molar-refractivity contribution in [2.45, 2.75) is 20.8 Å². The molecule has 0 unspecified atom stereocenters. The van der Waals surface area contributed by atoms with Gasteiger partial charge in [-0.1, -0.05) is 32.4 Å². The Hall–Kier alpha value is -0.890. The van der Waals surface area contributed by atoms with Crippen molar-refractivity contribution in [1.29, 1.82) is 0 Å². The molecule has 0 saturated heterocycles. The molecular weight excluding hydrogens is 367 g/mol. The topological polar surface area (TPSA) is 73.8 Å². The normalized spacial score (nSPS) is 12.1. The van der Waals surface area contributed by atoms with Gasteiger partial charge in [-0.05, 0) is 22.6 Å². The summed E-state index contributed by atoms with van der Waals surface area (Å²) in [6.45, 7) is 5.41. The summed E-state index contributed by atoms with van der Waals surface area (Å²) in [5, 5.41) is 0.251. The number of halogens is 2. The minimum absolute atomic E-state index is 0.120. The van der Waals surface area contributed by atoms with Crippen molar-refractivity contribution in [3.8, 4) is 11.4 Å². The molecule has 2 aliphatic heterocycles. The molecule has 2 heterocycles. The Morgan fingerprint density at radius 3 is 2.67 bits per heavy atom. The van der Waals surface area contributed by atoms with Gasteiger partial charge in [-0.25, -0.2) is 14.6 Å². The molecule has 0 spiro atoms. The SMILES string of the molecule is CC(C)(C)C(=O)c1nc(Cl)c2c(I)cnc-2n1N. The fraction of sp³-hybridized carbons (Fsp3) is 0.364. The summed E-state index contributed by atoms with van der Waals surface area (Å²) in [7, 11) is 0. The van der Waals surface area contributed by atoms with Gasteiger partial charge in [0.05, 0.1) is 5.56 Å². The Labute approximate surface area is 123 Å². The van der Waals surface area contributed by atoms with Gasteiger partial charge in [0.15, 0.2) is 11.6 Å². The Morgan fingerprint density at radius 1 is 1.50 bits per heavy atom. The van der Waals surface area contributed by atoms with Crippen LogP contribution in [0.5, 0.6) is 0 Å². The van der Waals surface area contributed by atoms with Gasteiger partial charge in [0, 0.05) is 15.2 Å². The van der Waals surface area contributed by atoms with Crippen LogP contribution in [0.15, 0.2) is 6.20 Å². The first-order chi connectivity index (χ1) is 8.23. The van der Waals surface area contributed by atoms with Gasteiger partial charge in [0.1, 0.15) is 5.15 Å². The van der Waals surface area contributed by atoms with Crippen LogP contribution in [0.25, 0.3) is 11.4 Å². The third kappa shape index (κ3) is 2.07. The number of carbonyl (C=O) groups is 1. The van der Waals surface area contributed by atoms with Crippen molar-refractivity contribution in [2.75, 3.05) is 5.84 Å². The number of rotatable bonds is 1. The Morgan fingerprint density at radius 2 is 2.11 bits per heavy atom. The van der Waals surface area contributed by atoms with Crippen LogP contribution in [-0.2, 0) is 0 Å². The lowest BCUT2D eigenvalue weighted by Crippen LogP contribution is -2.30. The Balaban J connectivity index is 2.71. The van der Waals surface area contributed by atoms with Crippen molar-refractivity contribution >= 4 is 40.0 Å². The average molecular weight is 379 g/mol. The van der Waals surface area contributed by atoms with Crippen molar-refractivity contribution < 1.29 is 4.79 Å². The number of fused-ring (bicyclic) bond motifs is 1. The zero-order valence-electron chi connectivity index (χ0n) is 10.2. The summed E-state index contributed by atoms with van der Waals surface area (Å²) in [6.07, 6.45) is 1.65. The minimum Gasteiger partial charge on any atom is -0.336 e. The highest BCUT2D eigenvalue weighted by atomic mass is 127. The minimum atomic E-state index is -0.578. The number of nitrogens with two attached hydrogens (primary N) is 1. The number of aromatic nitrogens is 3. The molecule has 0 atom stereocenters. The van der Waals surface area contributed by atoms with Gasteiger partial charge in [-0.15, -0.1) is 0 Å². The van der Waals surface area contributed by atoms with Crippen LogP contribution in [-0.4, -0.2) is 20.4 Å². The lowest BCUT2D eigenvalue weighted by atomic mass is 9.90. The summed E-state index contributed by atoms with van der Waals surface area (Å²) < 4.78 is 2.06. The molecular formula is C11H12ClIN4O. The molecule has 7 heteroatoms. The summed E-state index contributed by atoms with van der Waals surface area (Å²) in [6, 6.07) is 0. The lowest BCUT2D eigenvalue weighted by molar-refractivity contribution is 0.0843. The van der Waals surface area contributed by atoms with Gasteiger partial charge < -0.3 is 5.84 Å². The van der Waals surface area contributed by atoms with E-state index in [1.807, 2.05) is 0 Å². The van der Waals surface area contributed by atoms with Crippen LogP contribution in [0.1, 0.15) is 31.4 Å². The van der Waals surface area contributed by atoms with E-state index in [4.69, 9.17) is 17.4 Å². The van der Waals surface area contributed by atoms with E-state index in [1.165, 1.54) is 4.68 Å². The molecule has 18 heavy (non-hydrogen) atoms. The smallest absolute Gasteiger partial charge is 0.205 e. The van der Waals surface area contributed by atoms with E-state index in [0.29, 0.717) is 11.4 Å². The number of Topliss-reactive ketones (excluding diaryl/α,β-unsaturated/α-hetero) is 1. The summed E-state index contributed by atoms with van der Waals surface area (Å²) in [5.41, 5.74) is 0.0930. The molecule has 0 radical (unpaired) electrons. The molecule has 0 fully saturated rings. The highest BCUT2D eigenvalue weighted by molar-refractivity contribution is 14.1. The number of ketones is 1. The monoisotopic (exact) mass is 378 g/mol. The van der Waals surface area contributed by atoms with Gasteiger partial charge >= 0.3 is 0 Å².